The maximum atomic E-state index is 13.0. The fourth-order valence-electron chi connectivity index (χ4n) is 3.54. The molecule has 144 valence electrons. The van der Waals surface area contributed by atoms with Crippen LogP contribution in [0.4, 0.5) is 0 Å². The molecule has 2 unspecified atom stereocenters. The number of nitrogens with zero attached hydrogens (tertiary/aromatic N) is 1. The van der Waals surface area contributed by atoms with Crippen LogP contribution in [0.2, 0.25) is 0 Å². The molecule has 1 amide bonds. The molecule has 2 atom stereocenters. The molecule has 1 heterocycles. The van der Waals surface area contributed by atoms with Gasteiger partial charge in [0.25, 0.3) is 5.91 Å². The van der Waals surface area contributed by atoms with Crippen molar-refractivity contribution in [3.05, 3.63) is 53.6 Å². The van der Waals surface area contributed by atoms with E-state index in [2.05, 4.69) is 0 Å². The molecule has 5 nitrogen and oxygen atoms in total. The molecule has 3 rings (SSSR count). The van der Waals surface area contributed by atoms with Crippen LogP contribution in [0.15, 0.2) is 42.5 Å². The van der Waals surface area contributed by atoms with Crippen molar-refractivity contribution in [1.82, 2.24) is 4.90 Å². The maximum Gasteiger partial charge on any atom is 0.263 e. The molecular formula is C22H27NO4. The third kappa shape index (κ3) is 4.18. The maximum absolute atomic E-state index is 13.0. The predicted octanol–water partition coefficient (Wildman–Crippen LogP) is 4.14. The fraction of sp³-hybridized carbons (Fsp3) is 0.409. The van der Waals surface area contributed by atoms with Gasteiger partial charge in [0.2, 0.25) is 0 Å². The number of methoxy groups -OCH3 is 2. The summed E-state index contributed by atoms with van der Waals surface area (Å²) in [6, 6.07) is 13.6. The average Bonchev–Trinajstić information content (AvgIpc) is 3.18. The lowest BCUT2D eigenvalue weighted by atomic mass is 10.0. The van der Waals surface area contributed by atoms with Crippen LogP contribution in [0.3, 0.4) is 0 Å². The number of carbonyl (C=O) groups excluding carboxylic acids is 1. The SMILES string of the molecule is COc1ccc(C2CCCN2C(=O)C(C)Oc2ccc(C)cc2)cc1OC. The van der Waals surface area contributed by atoms with Crippen LogP contribution in [-0.2, 0) is 4.79 Å². The lowest BCUT2D eigenvalue weighted by Gasteiger charge is -2.28. The smallest absolute Gasteiger partial charge is 0.263 e. The zero-order chi connectivity index (χ0) is 19.4. The van der Waals surface area contributed by atoms with Gasteiger partial charge >= 0.3 is 0 Å². The molecule has 0 aromatic heterocycles. The molecule has 0 spiro atoms. The van der Waals surface area contributed by atoms with Gasteiger partial charge in [0.1, 0.15) is 5.75 Å². The molecule has 1 aliphatic heterocycles. The van der Waals surface area contributed by atoms with Crippen molar-refractivity contribution in [1.29, 1.82) is 0 Å². The number of hydrogen-bond acceptors (Lipinski definition) is 4. The van der Waals surface area contributed by atoms with E-state index >= 15 is 0 Å². The third-order valence-corrected chi connectivity index (χ3v) is 5.01. The number of aryl methyl sites for hydroxylation is 1. The molecule has 0 radical (unpaired) electrons. The molecule has 0 aliphatic carbocycles. The van der Waals surface area contributed by atoms with E-state index in [4.69, 9.17) is 14.2 Å². The van der Waals surface area contributed by atoms with E-state index in [1.165, 1.54) is 0 Å². The van der Waals surface area contributed by atoms with Gasteiger partial charge in [-0.3, -0.25) is 4.79 Å². The molecule has 0 saturated carbocycles. The lowest BCUT2D eigenvalue weighted by Crippen LogP contribution is -2.40. The van der Waals surface area contributed by atoms with E-state index < -0.39 is 6.10 Å². The minimum absolute atomic E-state index is 0.00728. The van der Waals surface area contributed by atoms with Crippen LogP contribution < -0.4 is 14.2 Å². The second kappa shape index (κ2) is 8.33. The van der Waals surface area contributed by atoms with Crippen LogP contribution in [0.25, 0.3) is 0 Å². The molecule has 0 bridgehead atoms. The number of carbonyl (C=O) groups is 1. The zero-order valence-corrected chi connectivity index (χ0v) is 16.4. The molecule has 1 aliphatic rings. The minimum Gasteiger partial charge on any atom is -0.493 e. The predicted molar refractivity (Wildman–Crippen MR) is 105 cm³/mol. The van der Waals surface area contributed by atoms with Gasteiger partial charge in [-0.05, 0) is 56.5 Å². The van der Waals surface area contributed by atoms with E-state index in [-0.39, 0.29) is 11.9 Å². The Morgan fingerprint density at radius 2 is 1.78 bits per heavy atom. The Labute approximate surface area is 160 Å². The first-order valence-corrected chi connectivity index (χ1v) is 9.29. The number of amides is 1. The fourth-order valence-corrected chi connectivity index (χ4v) is 3.54. The number of benzene rings is 2. The summed E-state index contributed by atoms with van der Waals surface area (Å²) < 4.78 is 16.6. The monoisotopic (exact) mass is 369 g/mol. The standard InChI is InChI=1S/C22H27NO4/c1-15-7-10-18(11-8-15)27-16(2)22(24)23-13-5-6-19(23)17-9-12-20(25-3)21(14-17)26-4/h7-12,14,16,19H,5-6,13H2,1-4H3. The Morgan fingerprint density at radius 3 is 2.44 bits per heavy atom. The van der Waals surface area contributed by atoms with E-state index in [0.29, 0.717) is 17.2 Å². The van der Waals surface area contributed by atoms with Gasteiger partial charge in [-0.1, -0.05) is 23.8 Å². The van der Waals surface area contributed by atoms with Crippen molar-refractivity contribution in [3.63, 3.8) is 0 Å². The quantitative estimate of drug-likeness (QED) is 0.768. The second-order valence-electron chi connectivity index (χ2n) is 6.88. The highest BCUT2D eigenvalue weighted by molar-refractivity contribution is 5.81. The largest absolute Gasteiger partial charge is 0.493 e. The summed E-state index contributed by atoms with van der Waals surface area (Å²) in [5.74, 6) is 2.09. The van der Waals surface area contributed by atoms with Crippen molar-refractivity contribution < 1.29 is 19.0 Å². The van der Waals surface area contributed by atoms with Gasteiger partial charge in [0.15, 0.2) is 17.6 Å². The average molecular weight is 369 g/mol. The van der Waals surface area contributed by atoms with Crippen molar-refractivity contribution in [3.8, 4) is 17.2 Å². The molecule has 5 heteroatoms. The van der Waals surface area contributed by atoms with Crippen LogP contribution in [-0.4, -0.2) is 37.7 Å². The zero-order valence-electron chi connectivity index (χ0n) is 16.4. The van der Waals surface area contributed by atoms with E-state index in [1.54, 1.807) is 14.2 Å². The topological polar surface area (TPSA) is 48.0 Å². The summed E-state index contributed by atoms with van der Waals surface area (Å²) >= 11 is 0. The van der Waals surface area contributed by atoms with Crippen molar-refractivity contribution in [2.75, 3.05) is 20.8 Å². The first kappa shape index (κ1) is 19.1. The van der Waals surface area contributed by atoms with E-state index in [9.17, 15) is 4.79 Å². The van der Waals surface area contributed by atoms with Gasteiger partial charge in [0.05, 0.1) is 20.3 Å². The Kier molecular flexibility index (Phi) is 5.89. The number of rotatable bonds is 6. The Bertz CT molecular complexity index is 787. The molecule has 27 heavy (non-hydrogen) atoms. The van der Waals surface area contributed by atoms with E-state index in [1.807, 2.05) is 61.2 Å². The highest BCUT2D eigenvalue weighted by Crippen LogP contribution is 2.37. The van der Waals surface area contributed by atoms with Crippen LogP contribution in [0, 0.1) is 6.92 Å². The molecular weight excluding hydrogens is 342 g/mol. The minimum atomic E-state index is -0.534. The summed E-state index contributed by atoms with van der Waals surface area (Å²) in [4.78, 5) is 14.9. The summed E-state index contributed by atoms with van der Waals surface area (Å²) in [6.45, 7) is 4.57. The highest BCUT2D eigenvalue weighted by atomic mass is 16.5. The van der Waals surface area contributed by atoms with Crippen molar-refractivity contribution in [2.45, 2.75) is 38.8 Å². The van der Waals surface area contributed by atoms with Gasteiger partial charge < -0.3 is 19.1 Å². The van der Waals surface area contributed by atoms with Crippen LogP contribution >= 0.6 is 0 Å². The van der Waals surface area contributed by atoms with E-state index in [0.717, 1.165) is 30.5 Å². The van der Waals surface area contributed by atoms with Gasteiger partial charge in [-0.15, -0.1) is 0 Å². The van der Waals surface area contributed by atoms with Gasteiger partial charge in [-0.25, -0.2) is 0 Å². The number of ether oxygens (including phenoxy) is 3. The van der Waals surface area contributed by atoms with Gasteiger partial charge in [-0.2, -0.15) is 0 Å². The first-order chi connectivity index (χ1) is 13.0. The third-order valence-electron chi connectivity index (χ3n) is 5.01. The normalized spacial score (nSPS) is 17.5. The molecule has 1 fully saturated rings. The number of likely N-dealkylation sites (tertiary alicyclic amines) is 1. The summed E-state index contributed by atoms with van der Waals surface area (Å²) in [6.07, 6.45) is 1.37. The first-order valence-electron chi connectivity index (χ1n) is 9.29. The van der Waals surface area contributed by atoms with Crippen molar-refractivity contribution in [2.24, 2.45) is 0 Å². The summed E-state index contributed by atoms with van der Waals surface area (Å²) in [7, 11) is 3.24. The number of hydrogen-bond donors (Lipinski definition) is 0. The van der Waals surface area contributed by atoms with Crippen LogP contribution in [0.5, 0.6) is 17.2 Å². The Morgan fingerprint density at radius 1 is 1.07 bits per heavy atom. The molecule has 2 aromatic carbocycles. The second-order valence-corrected chi connectivity index (χ2v) is 6.88. The van der Waals surface area contributed by atoms with Crippen molar-refractivity contribution >= 4 is 5.91 Å². The molecule has 0 N–H and O–H groups in total. The highest BCUT2D eigenvalue weighted by Gasteiger charge is 2.33. The Balaban J connectivity index is 1.75. The molecule has 2 aromatic rings. The lowest BCUT2D eigenvalue weighted by molar-refractivity contribution is -0.138. The van der Waals surface area contributed by atoms with Gasteiger partial charge in [0, 0.05) is 6.54 Å². The summed E-state index contributed by atoms with van der Waals surface area (Å²) in [5.41, 5.74) is 2.22. The summed E-state index contributed by atoms with van der Waals surface area (Å²) in [5, 5.41) is 0. The molecule has 1 saturated heterocycles. The Hall–Kier alpha value is -2.69. The van der Waals surface area contributed by atoms with Crippen LogP contribution in [0.1, 0.15) is 36.9 Å².